The van der Waals surface area contributed by atoms with Gasteiger partial charge in [0.1, 0.15) is 6.26 Å². The van der Waals surface area contributed by atoms with Gasteiger partial charge in [-0.2, -0.15) is 11.8 Å². The van der Waals surface area contributed by atoms with Crippen LogP contribution in [0.4, 0.5) is 0 Å². The molecule has 2 rings (SSSR count). The van der Waals surface area contributed by atoms with Crippen molar-refractivity contribution in [2.75, 3.05) is 11.5 Å². The van der Waals surface area contributed by atoms with Crippen LogP contribution >= 0.6 is 11.8 Å². The number of hydrogen-bond acceptors (Lipinski definition) is 3. The van der Waals surface area contributed by atoms with E-state index in [1.807, 2.05) is 0 Å². The highest BCUT2D eigenvalue weighted by molar-refractivity contribution is 7.99. The predicted molar refractivity (Wildman–Crippen MR) is 43.1 cm³/mol. The molecule has 0 N–H and O–H groups in total. The molecule has 1 aromatic heterocycles. The SMILES string of the molecule is C1CCSC1.c1cocn1. The van der Waals surface area contributed by atoms with E-state index >= 15 is 0 Å². The lowest BCUT2D eigenvalue weighted by molar-refractivity contribution is 0.558. The third-order valence-electron chi connectivity index (χ3n) is 1.17. The van der Waals surface area contributed by atoms with Crippen LogP contribution in [0.25, 0.3) is 0 Å². The Morgan fingerprint density at radius 2 is 2.10 bits per heavy atom. The van der Waals surface area contributed by atoms with Crippen LogP contribution in [0.1, 0.15) is 12.8 Å². The zero-order chi connectivity index (χ0) is 7.07. The first kappa shape index (κ1) is 7.66. The van der Waals surface area contributed by atoms with Crippen LogP contribution in [-0.4, -0.2) is 16.5 Å². The van der Waals surface area contributed by atoms with Crippen molar-refractivity contribution < 1.29 is 4.42 Å². The van der Waals surface area contributed by atoms with Gasteiger partial charge in [-0.3, -0.25) is 0 Å². The second-order valence-electron chi connectivity index (χ2n) is 2.00. The molecule has 2 heterocycles. The largest absolute Gasteiger partial charge is 0.452 e. The predicted octanol–water partition coefficient (Wildman–Crippen LogP) is 2.19. The van der Waals surface area contributed by atoms with Crippen molar-refractivity contribution in [3.63, 3.8) is 0 Å². The topological polar surface area (TPSA) is 26.0 Å². The summed E-state index contributed by atoms with van der Waals surface area (Å²) >= 11 is 2.07. The highest BCUT2D eigenvalue weighted by Gasteiger charge is 1.95. The van der Waals surface area contributed by atoms with E-state index < -0.39 is 0 Å². The summed E-state index contributed by atoms with van der Waals surface area (Å²) in [6.45, 7) is 0. The Hall–Kier alpha value is -0.440. The Morgan fingerprint density at radius 3 is 2.30 bits per heavy atom. The van der Waals surface area contributed by atoms with Crippen molar-refractivity contribution in [3.8, 4) is 0 Å². The average Bonchev–Trinajstić information content (AvgIpc) is 2.67. The van der Waals surface area contributed by atoms with Gasteiger partial charge in [0, 0.05) is 0 Å². The van der Waals surface area contributed by atoms with E-state index in [1.54, 1.807) is 6.20 Å². The van der Waals surface area contributed by atoms with Gasteiger partial charge in [-0.25, -0.2) is 4.98 Å². The summed E-state index contributed by atoms with van der Waals surface area (Å²) in [6.07, 6.45) is 7.40. The van der Waals surface area contributed by atoms with E-state index in [9.17, 15) is 0 Å². The second-order valence-corrected chi connectivity index (χ2v) is 3.22. The first-order valence-corrected chi connectivity index (χ1v) is 4.55. The van der Waals surface area contributed by atoms with Crippen molar-refractivity contribution >= 4 is 11.8 Å². The third-order valence-corrected chi connectivity index (χ3v) is 2.33. The molecule has 10 heavy (non-hydrogen) atoms. The van der Waals surface area contributed by atoms with Crippen LogP contribution in [0, 0.1) is 0 Å². The Labute approximate surface area is 65.0 Å². The number of nitrogens with zero attached hydrogens (tertiary/aromatic N) is 1. The molecule has 0 saturated carbocycles. The van der Waals surface area contributed by atoms with Gasteiger partial charge in [0.2, 0.25) is 0 Å². The molecule has 56 valence electrons. The number of hydrogen-bond donors (Lipinski definition) is 0. The maximum Gasteiger partial charge on any atom is 0.180 e. The molecule has 0 amide bonds. The zero-order valence-corrected chi connectivity index (χ0v) is 6.64. The lowest BCUT2D eigenvalue weighted by atomic mass is 10.4. The van der Waals surface area contributed by atoms with Crippen LogP contribution < -0.4 is 0 Å². The van der Waals surface area contributed by atoms with Crippen molar-refractivity contribution in [2.24, 2.45) is 0 Å². The van der Waals surface area contributed by atoms with Crippen LogP contribution in [-0.2, 0) is 0 Å². The molecule has 0 aromatic carbocycles. The minimum absolute atomic E-state index is 1.38. The summed E-state index contributed by atoms with van der Waals surface area (Å²) in [7, 11) is 0. The van der Waals surface area contributed by atoms with Crippen molar-refractivity contribution in [1.82, 2.24) is 4.98 Å². The van der Waals surface area contributed by atoms with Gasteiger partial charge in [0.05, 0.1) is 6.20 Å². The van der Waals surface area contributed by atoms with Crippen LogP contribution in [0.5, 0.6) is 0 Å². The lowest BCUT2D eigenvalue weighted by Crippen LogP contribution is -1.58. The monoisotopic (exact) mass is 157 g/mol. The van der Waals surface area contributed by atoms with E-state index in [0.29, 0.717) is 0 Å². The van der Waals surface area contributed by atoms with Gasteiger partial charge in [-0.1, -0.05) is 0 Å². The highest BCUT2D eigenvalue weighted by atomic mass is 32.2. The van der Waals surface area contributed by atoms with Gasteiger partial charge in [-0.05, 0) is 24.3 Å². The maximum absolute atomic E-state index is 4.47. The fraction of sp³-hybridized carbons (Fsp3) is 0.571. The van der Waals surface area contributed by atoms with Gasteiger partial charge < -0.3 is 4.42 Å². The number of aromatic nitrogens is 1. The summed E-state index contributed by atoms with van der Waals surface area (Å²) < 4.78 is 4.47. The first-order valence-electron chi connectivity index (χ1n) is 3.40. The fourth-order valence-corrected chi connectivity index (χ4v) is 1.71. The van der Waals surface area contributed by atoms with Crippen LogP contribution in [0.2, 0.25) is 0 Å². The molecule has 0 atom stereocenters. The standard InChI is InChI=1S/C4H8S.C3H3NO/c1-2-4-5-3-1;1-2-5-3-4-1/h1-4H2;1-3H. The van der Waals surface area contributed by atoms with E-state index in [1.165, 1.54) is 37.0 Å². The number of rotatable bonds is 0. The highest BCUT2D eigenvalue weighted by Crippen LogP contribution is 2.14. The second kappa shape index (κ2) is 5.35. The zero-order valence-electron chi connectivity index (χ0n) is 5.82. The minimum Gasteiger partial charge on any atom is -0.452 e. The normalized spacial score (nSPS) is 16.0. The lowest BCUT2D eigenvalue weighted by Gasteiger charge is -1.69. The van der Waals surface area contributed by atoms with E-state index in [0.717, 1.165) is 0 Å². The van der Waals surface area contributed by atoms with E-state index in [4.69, 9.17) is 0 Å². The molecular weight excluding hydrogens is 146 g/mol. The van der Waals surface area contributed by atoms with Gasteiger partial charge in [0.15, 0.2) is 6.39 Å². The smallest absolute Gasteiger partial charge is 0.180 e. The molecule has 0 bridgehead atoms. The molecule has 0 unspecified atom stereocenters. The molecule has 0 aliphatic carbocycles. The molecule has 0 radical (unpaired) electrons. The Bertz CT molecular complexity index is 112. The molecule has 2 nitrogen and oxygen atoms in total. The van der Waals surface area contributed by atoms with Crippen molar-refractivity contribution in [1.29, 1.82) is 0 Å². The number of thioether (sulfide) groups is 1. The molecule has 1 saturated heterocycles. The van der Waals surface area contributed by atoms with Gasteiger partial charge in [-0.15, -0.1) is 0 Å². The summed E-state index contributed by atoms with van der Waals surface area (Å²) in [5.74, 6) is 2.83. The minimum atomic E-state index is 1.38. The quantitative estimate of drug-likeness (QED) is 0.577. The molecule has 1 fully saturated rings. The first-order chi connectivity index (χ1) is 5.00. The Morgan fingerprint density at radius 1 is 1.30 bits per heavy atom. The van der Waals surface area contributed by atoms with Crippen molar-refractivity contribution in [3.05, 3.63) is 18.9 Å². The summed E-state index contributed by atoms with van der Waals surface area (Å²) in [5, 5.41) is 0. The van der Waals surface area contributed by atoms with Crippen molar-refractivity contribution in [2.45, 2.75) is 12.8 Å². The number of oxazole rings is 1. The van der Waals surface area contributed by atoms with E-state index in [-0.39, 0.29) is 0 Å². The average molecular weight is 157 g/mol. The molecular formula is C7H11NOS. The Kier molecular flexibility index (Phi) is 4.10. The fourth-order valence-electron chi connectivity index (χ4n) is 0.686. The summed E-state index contributed by atoms with van der Waals surface area (Å²) in [4.78, 5) is 3.56. The van der Waals surface area contributed by atoms with E-state index in [2.05, 4.69) is 21.2 Å². The molecule has 0 spiro atoms. The molecule has 3 heteroatoms. The van der Waals surface area contributed by atoms with Crippen LogP contribution in [0.3, 0.4) is 0 Å². The van der Waals surface area contributed by atoms with Crippen LogP contribution in [0.15, 0.2) is 23.3 Å². The third kappa shape index (κ3) is 3.56. The van der Waals surface area contributed by atoms with Gasteiger partial charge >= 0.3 is 0 Å². The molecule has 1 aliphatic rings. The summed E-state index contributed by atoms with van der Waals surface area (Å²) in [6, 6.07) is 0. The molecule has 1 aromatic rings. The Balaban J connectivity index is 0.0000001000. The summed E-state index contributed by atoms with van der Waals surface area (Å²) in [5.41, 5.74) is 0. The van der Waals surface area contributed by atoms with Gasteiger partial charge in [0.25, 0.3) is 0 Å². The molecule has 1 aliphatic heterocycles. The maximum atomic E-state index is 4.47.